The molecule has 11 heteroatoms. The van der Waals surface area contributed by atoms with E-state index in [2.05, 4.69) is 10.2 Å². The first-order chi connectivity index (χ1) is 18.2. The van der Waals surface area contributed by atoms with Gasteiger partial charge in [0, 0.05) is 51.0 Å². The maximum atomic E-state index is 13.6. The largest absolute Gasteiger partial charge is 0.494 e. The van der Waals surface area contributed by atoms with Crippen molar-refractivity contribution in [3.05, 3.63) is 54.1 Å². The van der Waals surface area contributed by atoms with E-state index in [0.29, 0.717) is 50.0 Å². The lowest BCUT2D eigenvalue weighted by molar-refractivity contribution is -0.133. The highest BCUT2D eigenvalue weighted by Crippen LogP contribution is 2.39. The summed E-state index contributed by atoms with van der Waals surface area (Å²) in [6.07, 6.45) is 3.03. The molecule has 1 saturated heterocycles. The molecule has 2 aromatic rings. The molecule has 38 heavy (non-hydrogen) atoms. The number of carbonyl (C=O) groups excluding carboxylic acids is 2. The van der Waals surface area contributed by atoms with Crippen molar-refractivity contribution >= 4 is 27.3 Å². The first kappa shape index (κ1) is 27.9. The van der Waals surface area contributed by atoms with Gasteiger partial charge in [-0.25, -0.2) is 13.9 Å². The van der Waals surface area contributed by atoms with Crippen molar-refractivity contribution in [3.8, 4) is 5.75 Å². The topological polar surface area (TPSA) is 128 Å². The first-order valence-electron chi connectivity index (χ1n) is 12.9. The summed E-state index contributed by atoms with van der Waals surface area (Å²) in [5.41, 5.74) is 3.19. The fraction of sp³-hybridized carbons (Fsp3) is 0.481. The Balaban J connectivity index is 1.29. The van der Waals surface area contributed by atoms with Gasteiger partial charge >= 0.3 is 0 Å². The summed E-state index contributed by atoms with van der Waals surface area (Å²) in [5, 5.41) is 12.2. The van der Waals surface area contributed by atoms with E-state index in [1.807, 2.05) is 31.1 Å². The zero-order valence-electron chi connectivity index (χ0n) is 21.9. The van der Waals surface area contributed by atoms with E-state index in [-0.39, 0.29) is 23.6 Å². The number of benzene rings is 2. The molecule has 10 nitrogen and oxygen atoms in total. The number of hydroxylamine groups is 1. The summed E-state index contributed by atoms with van der Waals surface area (Å²) in [5.74, 6) is -0.559. The van der Waals surface area contributed by atoms with Gasteiger partial charge in [-0.05, 0) is 80.6 Å². The van der Waals surface area contributed by atoms with Crippen LogP contribution in [0.25, 0.3) is 0 Å². The van der Waals surface area contributed by atoms with E-state index >= 15 is 0 Å². The molecule has 0 unspecified atom stereocenters. The Morgan fingerprint density at radius 3 is 2.24 bits per heavy atom. The highest BCUT2D eigenvalue weighted by atomic mass is 32.2. The number of anilines is 1. The average molecular weight is 545 g/mol. The van der Waals surface area contributed by atoms with Crippen LogP contribution in [0.3, 0.4) is 0 Å². The van der Waals surface area contributed by atoms with Crippen LogP contribution in [0.5, 0.6) is 5.75 Å². The number of piperidine rings is 1. The number of nitrogens with one attached hydrogen (secondary N) is 2. The quantitative estimate of drug-likeness (QED) is 0.223. The Kier molecular flexibility index (Phi) is 8.59. The van der Waals surface area contributed by atoms with Gasteiger partial charge in [-0.15, -0.1) is 0 Å². The third-order valence-corrected chi connectivity index (χ3v) is 9.87. The summed E-state index contributed by atoms with van der Waals surface area (Å²) in [4.78, 5) is 29.1. The standard InChI is InChI=1S/C27H36N4O6S/c1-30(2)21-6-4-20(5-7-21)25(32)28-16-3-19-37-23-10-12-24(13-11-23)38(35,36)27(26(33)29-34)14-17-31(18-15-27)22-8-9-22/h4-7,10-13,22,34H,3,8-9,14-19H2,1-2H3,(H,28,32)(H,29,33). The van der Waals surface area contributed by atoms with Crippen LogP contribution in [0.15, 0.2) is 53.4 Å². The van der Waals surface area contributed by atoms with Crippen molar-refractivity contribution in [1.82, 2.24) is 15.7 Å². The number of sulfone groups is 1. The predicted molar refractivity (Wildman–Crippen MR) is 143 cm³/mol. The zero-order valence-corrected chi connectivity index (χ0v) is 22.7. The van der Waals surface area contributed by atoms with Crippen molar-refractivity contribution in [1.29, 1.82) is 0 Å². The molecule has 0 aromatic heterocycles. The van der Waals surface area contributed by atoms with Crippen LogP contribution < -0.4 is 20.4 Å². The van der Waals surface area contributed by atoms with Crippen molar-refractivity contribution in [2.75, 3.05) is 45.2 Å². The highest BCUT2D eigenvalue weighted by molar-refractivity contribution is 7.93. The number of carbonyl (C=O) groups is 2. The summed E-state index contributed by atoms with van der Waals surface area (Å²) in [7, 11) is -0.183. The second-order valence-corrected chi connectivity index (χ2v) is 12.3. The molecule has 0 spiro atoms. The van der Waals surface area contributed by atoms with E-state index in [4.69, 9.17) is 4.74 Å². The lowest BCUT2D eigenvalue weighted by atomic mass is 9.94. The maximum absolute atomic E-state index is 13.6. The second-order valence-electron chi connectivity index (χ2n) is 10.1. The predicted octanol–water partition coefficient (Wildman–Crippen LogP) is 2.23. The fourth-order valence-electron chi connectivity index (χ4n) is 4.83. The van der Waals surface area contributed by atoms with Crippen molar-refractivity contribution in [2.45, 2.75) is 47.8 Å². The molecule has 1 aliphatic carbocycles. The average Bonchev–Trinajstić information content (AvgIpc) is 3.78. The number of hydrogen-bond donors (Lipinski definition) is 3. The van der Waals surface area contributed by atoms with E-state index in [1.165, 1.54) is 12.1 Å². The minimum Gasteiger partial charge on any atom is -0.494 e. The Labute approximate surface area is 223 Å². The van der Waals surface area contributed by atoms with Crippen LogP contribution >= 0.6 is 0 Å². The fourth-order valence-corrected chi connectivity index (χ4v) is 6.78. The van der Waals surface area contributed by atoms with Gasteiger partial charge < -0.3 is 19.9 Å². The molecule has 1 aliphatic heterocycles. The molecule has 2 aromatic carbocycles. The minimum absolute atomic E-state index is 0.0147. The molecule has 1 saturated carbocycles. The molecule has 2 aliphatic rings. The summed E-state index contributed by atoms with van der Waals surface area (Å²) in [6.45, 7) is 1.75. The van der Waals surface area contributed by atoms with E-state index < -0.39 is 20.5 Å². The third kappa shape index (κ3) is 5.95. The number of hydrogen-bond acceptors (Lipinski definition) is 8. The van der Waals surface area contributed by atoms with E-state index in [0.717, 1.165) is 18.5 Å². The Hall–Kier alpha value is -3.15. The lowest BCUT2D eigenvalue weighted by Gasteiger charge is -2.39. The number of ether oxygens (including phenoxy) is 1. The molecule has 206 valence electrons. The van der Waals surface area contributed by atoms with Crippen LogP contribution in [-0.4, -0.2) is 81.5 Å². The van der Waals surface area contributed by atoms with Crippen molar-refractivity contribution in [2.24, 2.45) is 0 Å². The molecule has 2 amide bonds. The van der Waals surface area contributed by atoms with Gasteiger partial charge in [-0.3, -0.25) is 14.8 Å². The van der Waals surface area contributed by atoms with Crippen molar-refractivity contribution < 1.29 is 28.0 Å². The Morgan fingerprint density at radius 1 is 1.05 bits per heavy atom. The third-order valence-electron chi connectivity index (χ3n) is 7.35. The molecule has 0 bridgehead atoms. The zero-order chi connectivity index (χ0) is 27.3. The molecule has 4 rings (SSSR count). The summed E-state index contributed by atoms with van der Waals surface area (Å²) >= 11 is 0. The van der Waals surface area contributed by atoms with Crippen LogP contribution in [-0.2, 0) is 14.6 Å². The SMILES string of the molecule is CN(C)c1ccc(C(=O)NCCCOc2ccc(S(=O)(=O)C3(C(=O)NO)CCN(C4CC4)CC3)cc2)cc1. The van der Waals surface area contributed by atoms with Gasteiger partial charge in [0.1, 0.15) is 5.75 Å². The summed E-state index contributed by atoms with van der Waals surface area (Å²) in [6, 6.07) is 13.8. The number of amides is 2. The second kappa shape index (κ2) is 11.7. The number of nitrogens with zero attached hydrogens (tertiary/aromatic N) is 2. The van der Waals surface area contributed by atoms with Gasteiger partial charge in [-0.2, -0.15) is 0 Å². The highest BCUT2D eigenvalue weighted by Gasteiger charge is 2.53. The van der Waals surface area contributed by atoms with Gasteiger partial charge in [-0.1, -0.05) is 0 Å². The maximum Gasteiger partial charge on any atom is 0.265 e. The van der Waals surface area contributed by atoms with E-state index in [1.54, 1.807) is 29.7 Å². The molecule has 0 radical (unpaired) electrons. The van der Waals surface area contributed by atoms with E-state index in [9.17, 15) is 23.2 Å². The van der Waals surface area contributed by atoms with Crippen LogP contribution in [0.2, 0.25) is 0 Å². The van der Waals surface area contributed by atoms with Gasteiger partial charge in [0.15, 0.2) is 14.6 Å². The number of rotatable bonds is 11. The Bertz CT molecular complexity index is 1220. The van der Waals surface area contributed by atoms with Crippen molar-refractivity contribution in [3.63, 3.8) is 0 Å². The molecule has 1 heterocycles. The molecule has 3 N–H and O–H groups in total. The first-order valence-corrected chi connectivity index (χ1v) is 14.4. The van der Waals surface area contributed by atoms with Gasteiger partial charge in [0.25, 0.3) is 11.8 Å². The van der Waals surface area contributed by atoms with Crippen LogP contribution in [0.1, 0.15) is 42.5 Å². The van der Waals surface area contributed by atoms with Gasteiger partial charge in [0.2, 0.25) is 0 Å². The normalized spacial score (nSPS) is 17.4. The number of likely N-dealkylation sites (tertiary alicyclic amines) is 1. The monoisotopic (exact) mass is 544 g/mol. The minimum atomic E-state index is -4.06. The van der Waals surface area contributed by atoms with Crippen LogP contribution in [0.4, 0.5) is 5.69 Å². The molecule has 2 fully saturated rings. The van der Waals surface area contributed by atoms with Crippen LogP contribution in [0, 0.1) is 0 Å². The lowest BCUT2D eigenvalue weighted by Crippen LogP contribution is -2.58. The summed E-state index contributed by atoms with van der Waals surface area (Å²) < 4.78 is 31.1. The van der Waals surface area contributed by atoms with Gasteiger partial charge in [0.05, 0.1) is 11.5 Å². The smallest absolute Gasteiger partial charge is 0.265 e. The molecular weight excluding hydrogens is 508 g/mol. The molecule has 0 atom stereocenters. The molecular formula is C27H36N4O6S. The Morgan fingerprint density at radius 2 is 1.68 bits per heavy atom.